The minimum atomic E-state index is -3.05. The Morgan fingerprint density at radius 1 is 0.781 bits per heavy atom. The monoisotopic (exact) mass is 876 g/mol. The lowest BCUT2D eigenvalue weighted by Crippen LogP contribution is -2.46. The third-order valence-corrected chi connectivity index (χ3v) is 15.6. The summed E-state index contributed by atoms with van der Waals surface area (Å²) < 4.78 is 20.4. The molecule has 6 aromatic rings. The number of fused-ring (bicyclic) bond motifs is 4. The summed E-state index contributed by atoms with van der Waals surface area (Å²) >= 11 is 0. The Bertz CT molecular complexity index is 2760. The first-order chi connectivity index (χ1) is 31.0. The van der Waals surface area contributed by atoms with Gasteiger partial charge in [-0.25, -0.2) is 0 Å². The first-order valence-corrected chi connectivity index (χ1v) is 24.6. The molecule has 2 N–H and O–H groups in total. The number of aliphatic hydroxyl groups excluding tert-OH is 1. The van der Waals surface area contributed by atoms with E-state index in [4.69, 9.17) is 14.2 Å². The van der Waals surface area contributed by atoms with Gasteiger partial charge >= 0.3 is 0 Å². The van der Waals surface area contributed by atoms with Crippen molar-refractivity contribution in [3.63, 3.8) is 0 Å². The van der Waals surface area contributed by atoms with Crippen molar-refractivity contribution in [2.75, 3.05) is 34.5 Å². The number of aromatic nitrogens is 3. The van der Waals surface area contributed by atoms with Gasteiger partial charge in [-0.05, 0) is 85.2 Å². The molecule has 3 amide bonds. The van der Waals surface area contributed by atoms with Gasteiger partial charge in [0.25, 0.3) is 17.7 Å². The minimum absolute atomic E-state index is 0.0739. The Balaban J connectivity index is 1.00. The SMILES string of the molecule is C[C@@H]1[C@@H]([Si](C)(C)O)[C@H](CCn2cc(C(CO)c3ccccc3)nn2)O[C@@]12C(=O)N(Cc1ccc(N3C(=O)COc4ccccc43)cc1)c1ccc(N3C(=O)COc4ccccc43)cc12. The summed E-state index contributed by atoms with van der Waals surface area (Å²) in [6, 6.07) is 37.6. The second-order valence-electron chi connectivity index (χ2n) is 17.4. The van der Waals surface area contributed by atoms with E-state index < -0.39 is 25.9 Å². The number of rotatable bonds is 11. The lowest BCUT2D eigenvalue weighted by Gasteiger charge is -2.33. The zero-order chi connectivity index (χ0) is 44.3. The van der Waals surface area contributed by atoms with Gasteiger partial charge in [-0.1, -0.05) is 78.9 Å². The van der Waals surface area contributed by atoms with Crippen molar-refractivity contribution in [3.8, 4) is 11.5 Å². The van der Waals surface area contributed by atoms with E-state index in [9.17, 15) is 19.5 Å². The maximum Gasteiger partial charge on any atom is 0.269 e. The van der Waals surface area contributed by atoms with Crippen molar-refractivity contribution < 1.29 is 38.5 Å². The second-order valence-corrected chi connectivity index (χ2v) is 21.4. The first kappa shape index (κ1) is 41.4. The number of para-hydroxylation sites is 4. The maximum atomic E-state index is 15.5. The lowest BCUT2D eigenvalue weighted by atomic mass is 9.82. The zero-order valence-corrected chi connectivity index (χ0v) is 36.7. The van der Waals surface area contributed by atoms with E-state index in [1.54, 1.807) is 19.4 Å². The largest absolute Gasteiger partial charge is 0.482 e. The standard InChI is InChI=1S/C49H48N6O8Si/c1-31-47(64(2,3)60)44(23-24-52-27-38(50-51-52)36(28-56)33-11-5-4-6-12-33)63-49(31)37-25-35(55-41-14-8-10-16-43(41)62-30-46(55)58)21-22-39(37)53(48(49)59)26-32-17-19-34(20-18-32)54-40-13-7-9-15-42(40)61-29-45(54)57/h4-22,25,27,31,36,44,47,56,60H,23-24,26,28-30H2,1-3H3/t31-,36?,44+,47-,49+/m1/s1. The van der Waals surface area contributed by atoms with Crippen LogP contribution < -0.4 is 24.2 Å². The molecule has 64 heavy (non-hydrogen) atoms. The predicted molar refractivity (Wildman–Crippen MR) is 241 cm³/mol. The molecule has 0 radical (unpaired) electrons. The summed E-state index contributed by atoms with van der Waals surface area (Å²) in [5.41, 5.74) is 4.27. The Hall–Kier alpha value is -6.65. The van der Waals surface area contributed by atoms with Crippen molar-refractivity contribution in [2.24, 2.45) is 5.92 Å². The highest BCUT2D eigenvalue weighted by molar-refractivity contribution is 6.71. The van der Waals surface area contributed by atoms with Crippen molar-refractivity contribution in [3.05, 3.63) is 150 Å². The third kappa shape index (κ3) is 6.95. The fraction of sp³-hybridized carbons (Fsp3) is 0.286. The molecule has 1 fully saturated rings. The first-order valence-electron chi connectivity index (χ1n) is 21.6. The van der Waals surface area contributed by atoms with Gasteiger partial charge in [0.1, 0.15) is 11.5 Å². The summed E-state index contributed by atoms with van der Waals surface area (Å²) in [7, 11) is -3.05. The van der Waals surface area contributed by atoms with Crippen LogP contribution in [0.5, 0.6) is 11.5 Å². The second kappa shape index (κ2) is 16.2. The fourth-order valence-electron chi connectivity index (χ4n) is 10.2. The van der Waals surface area contributed by atoms with Crippen LogP contribution in [0.4, 0.5) is 28.4 Å². The van der Waals surface area contributed by atoms with Gasteiger partial charge < -0.3 is 29.0 Å². The van der Waals surface area contributed by atoms with Gasteiger partial charge in [0, 0.05) is 41.1 Å². The van der Waals surface area contributed by atoms with Crippen molar-refractivity contribution in [1.29, 1.82) is 0 Å². The fourth-order valence-corrected chi connectivity index (χ4v) is 12.8. The van der Waals surface area contributed by atoms with Crippen LogP contribution in [0, 0.1) is 5.92 Å². The minimum Gasteiger partial charge on any atom is -0.482 e. The molecule has 15 heteroatoms. The molecule has 10 rings (SSSR count). The summed E-state index contributed by atoms with van der Waals surface area (Å²) in [5, 5.41) is 19.1. The Morgan fingerprint density at radius 3 is 2.03 bits per heavy atom. The number of carbonyl (C=O) groups is 3. The molecule has 0 aliphatic carbocycles. The van der Waals surface area contributed by atoms with Gasteiger partial charge in [-0.2, -0.15) is 0 Å². The molecule has 326 valence electrons. The number of ether oxygens (including phenoxy) is 3. The molecule has 5 aromatic carbocycles. The molecular weight excluding hydrogens is 829 g/mol. The molecule has 0 saturated carbocycles. The average molecular weight is 877 g/mol. The lowest BCUT2D eigenvalue weighted by molar-refractivity contribution is -0.146. The van der Waals surface area contributed by atoms with Crippen LogP contribution in [-0.4, -0.2) is 76.9 Å². The van der Waals surface area contributed by atoms with Crippen LogP contribution in [-0.2, 0) is 37.8 Å². The Labute approximate surface area is 371 Å². The molecule has 1 spiro atoms. The number of amides is 3. The summed E-state index contributed by atoms with van der Waals surface area (Å²) in [4.78, 5) is 59.3. The van der Waals surface area contributed by atoms with Gasteiger partial charge in [0.15, 0.2) is 27.1 Å². The van der Waals surface area contributed by atoms with Gasteiger partial charge in [-0.15, -0.1) is 5.10 Å². The van der Waals surface area contributed by atoms with Crippen LogP contribution in [0.3, 0.4) is 0 Å². The number of hydrogen-bond donors (Lipinski definition) is 2. The quantitative estimate of drug-likeness (QED) is 0.131. The molecular formula is C49H48N6O8Si. The molecule has 4 aliphatic heterocycles. The molecule has 1 unspecified atom stereocenters. The zero-order valence-electron chi connectivity index (χ0n) is 35.7. The van der Waals surface area contributed by atoms with Crippen molar-refractivity contribution in [1.82, 2.24) is 15.0 Å². The van der Waals surface area contributed by atoms with Gasteiger partial charge in [0.2, 0.25) is 0 Å². The van der Waals surface area contributed by atoms with E-state index in [-0.39, 0.29) is 55.5 Å². The van der Waals surface area contributed by atoms with E-state index >= 15 is 4.79 Å². The van der Waals surface area contributed by atoms with E-state index in [0.29, 0.717) is 64.2 Å². The highest BCUT2D eigenvalue weighted by atomic mass is 28.4. The van der Waals surface area contributed by atoms with Crippen LogP contribution in [0.1, 0.15) is 41.6 Å². The highest BCUT2D eigenvalue weighted by Gasteiger charge is 2.66. The van der Waals surface area contributed by atoms with Crippen molar-refractivity contribution in [2.45, 2.75) is 62.7 Å². The number of benzene rings is 5. The predicted octanol–water partition coefficient (Wildman–Crippen LogP) is 6.95. The highest BCUT2D eigenvalue weighted by Crippen LogP contribution is 2.60. The van der Waals surface area contributed by atoms with Gasteiger partial charge in [-0.3, -0.25) is 28.9 Å². The van der Waals surface area contributed by atoms with Crippen molar-refractivity contribution >= 4 is 54.5 Å². The number of aryl methyl sites for hydroxylation is 1. The van der Waals surface area contributed by atoms with E-state index in [1.807, 2.05) is 148 Å². The number of carbonyl (C=O) groups excluding carboxylic acids is 3. The molecule has 5 heterocycles. The number of hydrogen-bond acceptors (Lipinski definition) is 10. The normalized spacial score (nSPS) is 22.0. The van der Waals surface area contributed by atoms with Crippen LogP contribution in [0.2, 0.25) is 18.6 Å². The van der Waals surface area contributed by atoms with E-state index in [2.05, 4.69) is 10.3 Å². The van der Waals surface area contributed by atoms with E-state index in [0.717, 1.165) is 11.1 Å². The van der Waals surface area contributed by atoms with Crippen LogP contribution in [0.15, 0.2) is 128 Å². The summed E-state index contributed by atoms with van der Waals surface area (Å²) in [6.07, 6.45) is 1.71. The average Bonchev–Trinajstić information content (AvgIpc) is 3.96. The summed E-state index contributed by atoms with van der Waals surface area (Å²) in [6.45, 7) is 6.01. The smallest absolute Gasteiger partial charge is 0.269 e. The molecule has 0 bridgehead atoms. The third-order valence-electron chi connectivity index (χ3n) is 13.1. The topological polar surface area (TPSA) is 160 Å². The molecule has 4 aliphatic rings. The maximum absolute atomic E-state index is 15.5. The number of nitrogens with zero attached hydrogens (tertiary/aromatic N) is 6. The Morgan fingerprint density at radius 2 is 1.39 bits per heavy atom. The Kier molecular flexibility index (Phi) is 10.4. The number of aliphatic hydroxyl groups is 1. The summed E-state index contributed by atoms with van der Waals surface area (Å²) in [5.74, 6) is -0.315. The number of anilines is 5. The van der Waals surface area contributed by atoms with Crippen LogP contribution >= 0.6 is 0 Å². The van der Waals surface area contributed by atoms with Gasteiger partial charge in [0.05, 0.1) is 47.9 Å². The molecule has 1 aromatic heterocycles. The molecule has 14 nitrogen and oxygen atoms in total. The van der Waals surface area contributed by atoms with Crippen LogP contribution in [0.25, 0.3) is 0 Å². The van der Waals surface area contributed by atoms with E-state index in [1.165, 1.54) is 0 Å². The molecule has 5 atom stereocenters. The molecule has 1 saturated heterocycles.